The van der Waals surface area contributed by atoms with Gasteiger partial charge in [-0.25, -0.2) is 0 Å². The van der Waals surface area contributed by atoms with Crippen molar-refractivity contribution in [3.05, 3.63) is 16.4 Å². The van der Waals surface area contributed by atoms with Gasteiger partial charge in [-0.2, -0.15) is 5.10 Å². The van der Waals surface area contributed by atoms with Gasteiger partial charge in [0.2, 0.25) is 0 Å². The molecule has 1 rings (SSSR count). The van der Waals surface area contributed by atoms with Crippen molar-refractivity contribution >= 4 is 17.4 Å². The third-order valence-corrected chi connectivity index (χ3v) is 3.92. The second-order valence-electron chi connectivity index (χ2n) is 4.92. The van der Waals surface area contributed by atoms with Gasteiger partial charge in [-0.05, 0) is 20.4 Å². The van der Waals surface area contributed by atoms with Crippen molar-refractivity contribution in [1.82, 2.24) is 14.7 Å². The number of rotatable bonds is 7. The van der Waals surface area contributed by atoms with Gasteiger partial charge in [-0.3, -0.25) is 9.58 Å². The van der Waals surface area contributed by atoms with Gasteiger partial charge in [0.1, 0.15) is 5.84 Å². The van der Waals surface area contributed by atoms with E-state index >= 15 is 0 Å². The average molecular weight is 302 g/mol. The third kappa shape index (κ3) is 3.86. The summed E-state index contributed by atoms with van der Waals surface area (Å²) in [5, 5.41) is 16.9. The Bertz CT molecular complexity index is 472. The lowest BCUT2D eigenvalue weighted by Gasteiger charge is -2.24. The van der Waals surface area contributed by atoms with Gasteiger partial charge in [-0.1, -0.05) is 30.6 Å². The van der Waals surface area contributed by atoms with Crippen LogP contribution in [0.5, 0.6) is 0 Å². The molecule has 0 aromatic carbocycles. The number of amidine groups is 1. The number of aromatic nitrogens is 2. The van der Waals surface area contributed by atoms with E-state index in [9.17, 15) is 0 Å². The first-order valence-electron chi connectivity index (χ1n) is 6.86. The number of nitrogens with zero attached hydrogens (tertiary/aromatic N) is 4. The Balaban J connectivity index is 2.84. The van der Waals surface area contributed by atoms with Crippen molar-refractivity contribution < 1.29 is 5.21 Å². The smallest absolute Gasteiger partial charge is 0.143 e. The Morgan fingerprint density at radius 2 is 2.20 bits per heavy atom. The van der Waals surface area contributed by atoms with Crippen LogP contribution in [-0.2, 0) is 13.1 Å². The van der Waals surface area contributed by atoms with Gasteiger partial charge in [0.05, 0.1) is 16.4 Å². The Morgan fingerprint density at radius 1 is 1.55 bits per heavy atom. The van der Waals surface area contributed by atoms with Crippen molar-refractivity contribution in [2.24, 2.45) is 16.8 Å². The molecule has 0 saturated carbocycles. The molecule has 0 radical (unpaired) electrons. The first kappa shape index (κ1) is 16.8. The predicted molar refractivity (Wildman–Crippen MR) is 81.2 cm³/mol. The van der Waals surface area contributed by atoms with E-state index in [2.05, 4.69) is 22.1 Å². The molecular weight excluding hydrogens is 278 g/mol. The van der Waals surface area contributed by atoms with Gasteiger partial charge in [-0.15, -0.1) is 0 Å². The molecule has 1 heterocycles. The van der Waals surface area contributed by atoms with E-state index in [1.54, 1.807) is 0 Å². The molecule has 3 N–H and O–H groups in total. The summed E-state index contributed by atoms with van der Waals surface area (Å²) in [6, 6.07) is 0. The highest BCUT2D eigenvalue weighted by atomic mass is 35.5. The zero-order valence-electron chi connectivity index (χ0n) is 12.6. The minimum absolute atomic E-state index is 0.0159. The van der Waals surface area contributed by atoms with Gasteiger partial charge in [0, 0.05) is 25.6 Å². The summed E-state index contributed by atoms with van der Waals surface area (Å²) in [5.41, 5.74) is 7.50. The number of aryl methyl sites for hydroxylation is 2. The van der Waals surface area contributed by atoms with Crippen LogP contribution in [0.2, 0.25) is 5.02 Å². The quantitative estimate of drug-likeness (QED) is 0.350. The van der Waals surface area contributed by atoms with Crippen molar-refractivity contribution in [3.8, 4) is 0 Å². The average Bonchev–Trinajstić information content (AvgIpc) is 2.72. The fourth-order valence-electron chi connectivity index (χ4n) is 2.12. The largest absolute Gasteiger partial charge is 0.409 e. The van der Waals surface area contributed by atoms with Crippen LogP contribution in [0.4, 0.5) is 0 Å². The van der Waals surface area contributed by atoms with E-state index in [0.717, 1.165) is 29.5 Å². The lowest BCUT2D eigenvalue weighted by atomic mass is 10.1. The van der Waals surface area contributed by atoms with Crippen LogP contribution < -0.4 is 5.73 Å². The molecule has 1 unspecified atom stereocenters. The SMILES string of the molecule is CCN(Cc1c(Cl)c(C)nn1CC)CC(C)C(N)=NO. The zero-order valence-corrected chi connectivity index (χ0v) is 13.4. The molecule has 6 nitrogen and oxygen atoms in total. The molecule has 114 valence electrons. The molecule has 0 amide bonds. The maximum Gasteiger partial charge on any atom is 0.143 e. The maximum atomic E-state index is 8.72. The molecule has 7 heteroatoms. The number of halogens is 1. The molecule has 0 bridgehead atoms. The molecular formula is C13H24ClN5O. The predicted octanol–water partition coefficient (Wildman–Crippen LogP) is 2.07. The molecule has 0 aliphatic rings. The normalized spacial score (nSPS) is 14.0. The Kier molecular flexibility index (Phi) is 6.29. The number of hydrogen-bond donors (Lipinski definition) is 2. The second-order valence-corrected chi connectivity index (χ2v) is 5.29. The van der Waals surface area contributed by atoms with E-state index in [0.29, 0.717) is 13.1 Å². The second kappa shape index (κ2) is 7.50. The molecule has 0 spiro atoms. The standard InChI is InChI=1S/C13H24ClN5O/c1-5-18(7-9(3)13(15)17-20)8-11-12(14)10(4)16-19(11)6-2/h9,20H,5-8H2,1-4H3,(H2,15,17). The van der Waals surface area contributed by atoms with E-state index in [-0.39, 0.29) is 11.8 Å². The summed E-state index contributed by atoms with van der Waals surface area (Å²) in [4.78, 5) is 2.21. The van der Waals surface area contributed by atoms with E-state index in [4.69, 9.17) is 22.5 Å². The van der Waals surface area contributed by atoms with E-state index in [1.807, 2.05) is 25.5 Å². The molecule has 0 fully saturated rings. The van der Waals surface area contributed by atoms with Crippen LogP contribution in [0, 0.1) is 12.8 Å². The van der Waals surface area contributed by atoms with Crippen LogP contribution in [0.3, 0.4) is 0 Å². The van der Waals surface area contributed by atoms with Crippen LogP contribution in [0.15, 0.2) is 5.16 Å². The molecule has 0 aliphatic heterocycles. The van der Waals surface area contributed by atoms with Crippen LogP contribution in [0.1, 0.15) is 32.2 Å². The first-order valence-corrected chi connectivity index (χ1v) is 7.23. The molecule has 20 heavy (non-hydrogen) atoms. The lowest BCUT2D eigenvalue weighted by molar-refractivity contribution is 0.250. The van der Waals surface area contributed by atoms with Gasteiger partial charge in [0.15, 0.2) is 0 Å². The Labute approximate surface area is 125 Å². The fraction of sp³-hybridized carbons (Fsp3) is 0.692. The van der Waals surface area contributed by atoms with Crippen molar-refractivity contribution in [1.29, 1.82) is 0 Å². The van der Waals surface area contributed by atoms with Gasteiger partial charge >= 0.3 is 0 Å². The summed E-state index contributed by atoms with van der Waals surface area (Å²) in [6.45, 7) is 11.0. The minimum atomic E-state index is -0.0159. The van der Waals surface area contributed by atoms with Crippen molar-refractivity contribution in [2.75, 3.05) is 13.1 Å². The van der Waals surface area contributed by atoms with E-state index < -0.39 is 0 Å². The number of nitrogens with two attached hydrogens (primary N) is 1. The zero-order chi connectivity index (χ0) is 15.3. The summed E-state index contributed by atoms with van der Waals surface area (Å²) in [6.07, 6.45) is 0. The van der Waals surface area contributed by atoms with Crippen LogP contribution in [0.25, 0.3) is 0 Å². The number of hydrogen-bond acceptors (Lipinski definition) is 4. The summed E-state index contributed by atoms with van der Waals surface area (Å²) in [5.74, 6) is 0.229. The first-order chi connectivity index (χ1) is 9.44. The number of oxime groups is 1. The summed E-state index contributed by atoms with van der Waals surface area (Å²) in [7, 11) is 0. The maximum absolute atomic E-state index is 8.72. The van der Waals surface area contributed by atoms with Crippen molar-refractivity contribution in [2.45, 2.75) is 40.8 Å². The van der Waals surface area contributed by atoms with Crippen molar-refractivity contribution in [3.63, 3.8) is 0 Å². The highest BCUT2D eigenvalue weighted by Crippen LogP contribution is 2.22. The van der Waals surface area contributed by atoms with Gasteiger partial charge < -0.3 is 10.9 Å². The molecule has 1 aromatic heterocycles. The Hall–Kier alpha value is -1.27. The minimum Gasteiger partial charge on any atom is -0.409 e. The molecule has 0 aliphatic carbocycles. The molecule has 0 saturated heterocycles. The van der Waals surface area contributed by atoms with E-state index in [1.165, 1.54) is 0 Å². The molecule has 1 aromatic rings. The summed E-state index contributed by atoms with van der Waals surface area (Å²) >= 11 is 6.32. The molecule has 1 atom stereocenters. The third-order valence-electron chi connectivity index (χ3n) is 3.43. The lowest BCUT2D eigenvalue weighted by Crippen LogP contribution is -2.35. The highest BCUT2D eigenvalue weighted by Gasteiger charge is 2.18. The highest BCUT2D eigenvalue weighted by molar-refractivity contribution is 6.31. The van der Waals surface area contributed by atoms with Gasteiger partial charge in [0.25, 0.3) is 0 Å². The summed E-state index contributed by atoms with van der Waals surface area (Å²) < 4.78 is 1.93. The topological polar surface area (TPSA) is 79.7 Å². The van der Waals surface area contributed by atoms with Crippen LogP contribution in [-0.4, -0.2) is 38.8 Å². The monoisotopic (exact) mass is 301 g/mol. The Morgan fingerprint density at radius 3 is 2.70 bits per heavy atom. The van der Waals surface area contributed by atoms with Crippen LogP contribution >= 0.6 is 11.6 Å². The fourth-order valence-corrected chi connectivity index (χ4v) is 2.31.